The van der Waals surface area contributed by atoms with Crippen molar-refractivity contribution in [2.75, 3.05) is 5.32 Å². The van der Waals surface area contributed by atoms with Crippen LogP contribution < -0.4 is 11.1 Å². The Hall–Kier alpha value is -1.58. The highest BCUT2D eigenvalue weighted by atomic mass is 19.1. The highest BCUT2D eigenvalue weighted by molar-refractivity contribution is 5.87. The third-order valence-electron chi connectivity index (χ3n) is 3.71. The third kappa shape index (κ3) is 2.81. The molecule has 0 heterocycles. The van der Waals surface area contributed by atoms with E-state index in [4.69, 9.17) is 5.73 Å². The van der Waals surface area contributed by atoms with Gasteiger partial charge in [-0.15, -0.1) is 0 Å². The molecular formula is C14H19FN2O. The molecule has 0 saturated heterocycles. The Morgan fingerprint density at radius 2 is 2.28 bits per heavy atom. The number of benzene rings is 1. The van der Waals surface area contributed by atoms with Crippen molar-refractivity contribution in [1.29, 1.82) is 0 Å². The van der Waals surface area contributed by atoms with Crippen LogP contribution in [0.3, 0.4) is 0 Å². The minimum atomic E-state index is -0.807. The first-order valence-corrected chi connectivity index (χ1v) is 6.33. The smallest absolute Gasteiger partial charge is 0.242 e. The van der Waals surface area contributed by atoms with Gasteiger partial charge >= 0.3 is 0 Å². The van der Waals surface area contributed by atoms with Crippen molar-refractivity contribution >= 4 is 11.6 Å². The van der Waals surface area contributed by atoms with Gasteiger partial charge in [-0.25, -0.2) is 4.39 Å². The first-order chi connectivity index (χ1) is 8.49. The molecule has 0 bridgehead atoms. The van der Waals surface area contributed by atoms with Crippen LogP contribution in [0.25, 0.3) is 0 Å². The fourth-order valence-electron chi connectivity index (χ4n) is 2.37. The number of halogens is 1. The Labute approximate surface area is 107 Å². The number of amides is 1. The molecule has 18 heavy (non-hydrogen) atoms. The van der Waals surface area contributed by atoms with Crippen molar-refractivity contribution in [3.8, 4) is 0 Å². The van der Waals surface area contributed by atoms with Crippen LogP contribution >= 0.6 is 0 Å². The molecule has 98 valence electrons. The maximum Gasteiger partial charge on any atom is 0.242 e. The highest BCUT2D eigenvalue weighted by Crippen LogP contribution is 2.35. The van der Waals surface area contributed by atoms with Gasteiger partial charge in [-0.05, 0) is 37.5 Å². The molecule has 1 unspecified atom stereocenters. The van der Waals surface area contributed by atoms with Crippen molar-refractivity contribution in [1.82, 2.24) is 0 Å². The van der Waals surface area contributed by atoms with Crippen LogP contribution in [0.5, 0.6) is 0 Å². The number of carbonyl (C=O) groups is 1. The van der Waals surface area contributed by atoms with Gasteiger partial charge in [-0.1, -0.05) is 25.3 Å². The zero-order valence-corrected chi connectivity index (χ0v) is 10.6. The predicted octanol–water partition coefficient (Wildman–Crippen LogP) is 2.67. The molecule has 2 rings (SSSR count). The third-order valence-corrected chi connectivity index (χ3v) is 3.71. The zero-order chi connectivity index (χ0) is 13.2. The summed E-state index contributed by atoms with van der Waals surface area (Å²) in [6, 6.07) is 6.11. The van der Waals surface area contributed by atoms with Gasteiger partial charge < -0.3 is 11.1 Å². The average molecular weight is 250 g/mol. The molecule has 0 radical (unpaired) electrons. The van der Waals surface area contributed by atoms with Crippen LogP contribution in [0.2, 0.25) is 0 Å². The van der Waals surface area contributed by atoms with E-state index >= 15 is 0 Å². The number of rotatable bonds is 5. The summed E-state index contributed by atoms with van der Waals surface area (Å²) < 4.78 is 13.1. The van der Waals surface area contributed by atoms with Crippen LogP contribution in [0.15, 0.2) is 24.3 Å². The summed E-state index contributed by atoms with van der Waals surface area (Å²) in [6.45, 7) is 1.79. The number of anilines is 1. The fourth-order valence-corrected chi connectivity index (χ4v) is 2.37. The monoisotopic (exact) mass is 250 g/mol. The second-order valence-corrected chi connectivity index (χ2v) is 5.33. The summed E-state index contributed by atoms with van der Waals surface area (Å²) in [5.41, 5.74) is 5.28. The topological polar surface area (TPSA) is 55.1 Å². The zero-order valence-electron chi connectivity index (χ0n) is 10.6. The maximum absolute atomic E-state index is 13.1. The summed E-state index contributed by atoms with van der Waals surface area (Å²) in [5.74, 6) is -0.169. The van der Waals surface area contributed by atoms with E-state index in [1.807, 2.05) is 0 Å². The van der Waals surface area contributed by atoms with E-state index in [2.05, 4.69) is 5.32 Å². The number of hydrogen-bond acceptors (Lipinski definition) is 2. The minimum Gasteiger partial charge on any atom is -0.371 e. The Morgan fingerprint density at radius 3 is 2.78 bits per heavy atom. The van der Waals surface area contributed by atoms with Gasteiger partial charge in [0.05, 0.1) is 0 Å². The summed E-state index contributed by atoms with van der Waals surface area (Å²) in [4.78, 5) is 11.7. The van der Waals surface area contributed by atoms with E-state index < -0.39 is 11.4 Å². The first kappa shape index (κ1) is 12.9. The van der Waals surface area contributed by atoms with E-state index in [0.29, 0.717) is 18.0 Å². The lowest BCUT2D eigenvalue weighted by Crippen LogP contribution is -2.49. The van der Waals surface area contributed by atoms with Crippen molar-refractivity contribution in [2.45, 2.75) is 38.1 Å². The van der Waals surface area contributed by atoms with Crippen LogP contribution in [0, 0.1) is 11.7 Å². The summed E-state index contributed by atoms with van der Waals surface area (Å²) >= 11 is 0. The average Bonchev–Trinajstić information content (AvgIpc) is 2.23. The SMILES string of the molecule is CC(CC1CCC1)(Nc1cccc(F)c1)C(N)=O. The van der Waals surface area contributed by atoms with Gasteiger partial charge in [0.2, 0.25) is 5.91 Å². The molecule has 1 amide bonds. The predicted molar refractivity (Wildman–Crippen MR) is 69.6 cm³/mol. The van der Waals surface area contributed by atoms with Crippen LogP contribution in [-0.4, -0.2) is 11.4 Å². The Bertz CT molecular complexity index is 445. The molecule has 0 spiro atoms. The molecule has 1 fully saturated rings. The standard InChI is InChI=1S/C14H19FN2O/c1-14(13(16)18,9-10-4-2-5-10)17-12-7-3-6-11(15)8-12/h3,6-8,10,17H,2,4-5,9H2,1H3,(H2,16,18). The fraction of sp³-hybridized carbons (Fsp3) is 0.500. The van der Waals surface area contributed by atoms with E-state index in [1.54, 1.807) is 19.1 Å². The summed E-state index contributed by atoms with van der Waals surface area (Å²) in [6.07, 6.45) is 4.22. The molecule has 1 aliphatic rings. The Kier molecular flexibility index (Phi) is 3.55. The number of primary amides is 1. The Balaban J connectivity index is 2.11. The molecule has 1 aliphatic carbocycles. The van der Waals surface area contributed by atoms with Gasteiger partial charge in [0.1, 0.15) is 11.4 Å². The van der Waals surface area contributed by atoms with Crippen molar-refractivity contribution in [3.05, 3.63) is 30.1 Å². The summed E-state index contributed by atoms with van der Waals surface area (Å²) in [5, 5.41) is 3.08. The molecule has 1 aromatic rings. The number of carbonyl (C=O) groups excluding carboxylic acids is 1. The first-order valence-electron chi connectivity index (χ1n) is 6.33. The highest BCUT2D eigenvalue weighted by Gasteiger charge is 2.35. The van der Waals surface area contributed by atoms with Gasteiger partial charge in [0.25, 0.3) is 0 Å². The molecule has 4 heteroatoms. The lowest BCUT2D eigenvalue weighted by atomic mass is 9.76. The normalized spacial score (nSPS) is 18.8. The van der Waals surface area contributed by atoms with E-state index in [0.717, 1.165) is 12.8 Å². The minimum absolute atomic E-state index is 0.324. The number of nitrogens with one attached hydrogen (secondary N) is 1. The van der Waals surface area contributed by atoms with Crippen molar-refractivity contribution in [2.24, 2.45) is 11.7 Å². The molecular weight excluding hydrogens is 231 g/mol. The molecule has 0 aromatic heterocycles. The van der Waals surface area contributed by atoms with Crippen molar-refractivity contribution < 1.29 is 9.18 Å². The molecule has 3 N–H and O–H groups in total. The largest absolute Gasteiger partial charge is 0.371 e. The molecule has 1 aromatic carbocycles. The Morgan fingerprint density at radius 1 is 1.56 bits per heavy atom. The van der Waals surface area contributed by atoms with E-state index in [9.17, 15) is 9.18 Å². The van der Waals surface area contributed by atoms with Crippen LogP contribution in [-0.2, 0) is 4.79 Å². The molecule has 3 nitrogen and oxygen atoms in total. The lowest BCUT2D eigenvalue weighted by molar-refractivity contribution is -0.122. The quantitative estimate of drug-likeness (QED) is 0.844. The second-order valence-electron chi connectivity index (χ2n) is 5.33. The van der Waals surface area contributed by atoms with Gasteiger partial charge in [-0.3, -0.25) is 4.79 Å². The molecule has 1 atom stereocenters. The van der Waals surface area contributed by atoms with E-state index in [-0.39, 0.29) is 5.82 Å². The van der Waals surface area contributed by atoms with Gasteiger partial charge in [0, 0.05) is 5.69 Å². The van der Waals surface area contributed by atoms with Crippen LogP contribution in [0.4, 0.5) is 10.1 Å². The van der Waals surface area contributed by atoms with Gasteiger partial charge in [-0.2, -0.15) is 0 Å². The van der Waals surface area contributed by atoms with Crippen molar-refractivity contribution in [3.63, 3.8) is 0 Å². The van der Waals surface area contributed by atoms with Gasteiger partial charge in [0.15, 0.2) is 0 Å². The number of hydrogen-bond donors (Lipinski definition) is 2. The van der Waals surface area contributed by atoms with E-state index in [1.165, 1.54) is 18.6 Å². The molecule has 0 aliphatic heterocycles. The number of nitrogens with two attached hydrogens (primary N) is 1. The summed E-state index contributed by atoms with van der Waals surface area (Å²) in [7, 11) is 0. The maximum atomic E-state index is 13.1. The van der Waals surface area contributed by atoms with Crippen LogP contribution in [0.1, 0.15) is 32.6 Å². The second kappa shape index (κ2) is 4.96. The molecule has 1 saturated carbocycles. The lowest BCUT2D eigenvalue weighted by Gasteiger charge is -2.36.